The fourth-order valence-electron chi connectivity index (χ4n) is 3.16. The van der Waals surface area contributed by atoms with Gasteiger partial charge < -0.3 is 9.64 Å². The van der Waals surface area contributed by atoms with Gasteiger partial charge in [-0.25, -0.2) is 4.79 Å². The summed E-state index contributed by atoms with van der Waals surface area (Å²) in [6.45, 7) is 15.2. The van der Waals surface area contributed by atoms with Crippen molar-refractivity contribution in [2.24, 2.45) is 0 Å². The zero-order chi connectivity index (χ0) is 18.1. The van der Waals surface area contributed by atoms with Gasteiger partial charge in [-0.2, -0.15) is 0 Å². The second-order valence-electron chi connectivity index (χ2n) is 9.38. The summed E-state index contributed by atoms with van der Waals surface area (Å²) in [6.07, 6.45) is 2.15. The van der Waals surface area contributed by atoms with Crippen LogP contribution in [0.3, 0.4) is 0 Å². The molecule has 2 rings (SSSR count). The topological polar surface area (TPSA) is 30.7 Å². The van der Waals surface area contributed by atoms with Crippen LogP contribution in [-0.2, 0) is 15.6 Å². The van der Waals surface area contributed by atoms with Crippen molar-refractivity contribution in [3.8, 4) is 0 Å². The standard InChI is InChI=1S/C21H33NO2/c1-20(2,3)16-11-15(12-17(13-16)21(4,5)6)19(23)24-18-9-8-10-22(7)14-18/h11-13,18H,8-10,14H2,1-7H3/p+1/t18-/m1/s1. The molecule has 1 heterocycles. The lowest BCUT2D eigenvalue weighted by Gasteiger charge is -2.28. The van der Waals surface area contributed by atoms with E-state index in [2.05, 4.69) is 54.7 Å². The third-order valence-electron chi connectivity index (χ3n) is 4.88. The number of esters is 1. The molecule has 1 aliphatic rings. The average Bonchev–Trinajstić information content (AvgIpc) is 2.45. The zero-order valence-electron chi connectivity index (χ0n) is 16.5. The molecule has 2 atom stereocenters. The lowest BCUT2D eigenvalue weighted by molar-refractivity contribution is -0.888. The van der Waals surface area contributed by atoms with Crippen molar-refractivity contribution in [2.75, 3.05) is 20.1 Å². The molecule has 1 aromatic carbocycles. The molecule has 0 aliphatic carbocycles. The summed E-state index contributed by atoms with van der Waals surface area (Å²) < 4.78 is 5.82. The number of carbonyl (C=O) groups is 1. The Bertz CT molecular complexity index is 561. The highest BCUT2D eigenvalue weighted by atomic mass is 16.5. The van der Waals surface area contributed by atoms with E-state index in [1.54, 1.807) is 0 Å². The van der Waals surface area contributed by atoms with Crippen molar-refractivity contribution in [3.63, 3.8) is 0 Å². The second kappa shape index (κ2) is 6.87. The summed E-state index contributed by atoms with van der Waals surface area (Å²) in [5, 5.41) is 0. The molecule has 1 fully saturated rings. The van der Waals surface area contributed by atoms with E-state index in [-0.39, 0.29) is 22.9 Å². The predicted octanol–water partition coefficient (Wildman–Crippen LogP) is 3.12. The molecule has 134 valence electrons. The number of carbonyl (C=O) groups excluding carboxylic acids is 1. The minimum Gasteiger partial charge on any atom is -0.453 e. The monoisotopic (exact) mass is 332 g/mol. The molecule has 0 amide bonds. The Hall–Kier alpha value is -1.35. The summed E-state index contributed by atoms with van der Waals surface area (Å²) in [5.74, 6) is -0.175. The van der Waals surface area contributed by atoms with Gasteiger partial charge in [0.05, 0.1) is 19.2 Å². The van der Waals surface area contributed by atoms with Gasteiger partial charge in [0.25, 0.3) is 0 Å². The number of quaternary nitrogens is 1. The lowest BCUT2D eigenvalue weighted by atomic mass is 9.79. The Morgan fingerprint density at radius 3 is 2.04 bits per heavy atom. The van der Waals surface area contributed by atoms with Crippen LogP contribution in [0.4, 0.5) is 0 Å². The first-order valence-electron chi connectivity index (χ1n) is 9.15. The first kappa shape index (κ1) is 19.0. The highest BCUT2D eigenvalue weighted by Gasteiger charge is 2.26. The maximum absolute atomic E-state index is 12.7. The highest BCUT2D eigenvalue weighted by molar-refractivity contribution is 5.90. The molecule has 1 saturated heterocycles. The molecule has 1 N–H and O–H groups in total. The van der Waals surface area contributed by atoms with Gasteiger partial charge in [0, 0.05) is 6.42 Å². The van der Waals surface area contributed by atoms with Gasteiger partial charge in [0.2, 0.25) is 0 Å². The average molecular weight is 333 g/mol. The minimum atomic E-state index is -0.175. The Labute approximate surface area is 147 Å². The van der Waals surface area contributed by atoms with E-state index >= 15 is 0 Å². The predicted molar refractivity (Wildman–Crippen MR) is 98.9 cm³/mol. The van der Waals surface area contributed by atoms with E-state index in [9.17, 15) is 4.79 Å². The van der Waals surface area contributed by atoms with Gasteiger partial charge in [-0.05, 0) is 40.5 Å². The number of hydrogen-bond acceptors (Lipinski definition) is 2. The Balaban J connectivity index is 2.29. The van der Waals surface area contributed by atoms with Gasteiger partial charge >= 0.3 is 5.97 Å². The molecular weight excluding hydrogens is 298 g/mol. The molecule has 1 unspecified atom stereocenters. The summed E-state index contributed by atoms with van der Waals surface area (Å²) in [5.41, 5.74) is 3.08. The molecule has 0 radical (unpaired) electrons. The number of likely N-dealkylation sites (tertiary alicyclic amines) is 1. The van der Waals surface area contributed by atoms with Gasteiger partial charge in [-0.15, -0.1) is 0 Å². The number of hydrogen-bond donors (Lipinski definition) is 1. The van der Waals surface area contributed by atoms with Crippen LogP contribution in [0.1, 0.15) is 75.9 Å². The third kappa shape index (κ3) is 4.83. The molecule has 3 nitrogen and oxygen atoms in total. The number of piperidine rings is 1. The Morgan fingerprint density at radius 1 is 1.04 bits per heavy atom. The Kier molecular flexibility index (Phi) is 5.44. The summed E-state index contributed by atoms with van der Waals surface area (Å²) in [4.78, 5) is 14.2. The van der Waals surface area contributed by atoms with Gasteiger partial charge in [0.15, 0.2) is 6.10 Å². The van der Waals surface area contributed by atoms with Crippen LogP contribution in [-0.4, -0.2) is 32.2 Å². The van der Waals surface area contributed by atoms with Crippen LogP contribution in [0.15, 0.2) is 18.2 Å². The minimum absolute atomic E-state index is 0.00545. The summed E-state index contributed by atoms with van der Waals surface area (Å²) in [7, 11) is 2.16. The van der Waals surface area contributed by atoms with Crippen molar-refractivity contribution in [1.29, 1.82) is 0 Å². The van der Waals surface area contributed by atoms with E-state index in [4.69, 9.17) is 4.74 Å². The number of rotatable bonds is 2. The second-order valence-corrected chi connectivity index (χ2v) is 9.38. The van der Waals surface area contributed by atoms with Crippen molar-refractivity contribution in [1.82, 2.24) is 0 Å². The molecule has 0 spiro atoms. The molecule has 24 heavy (non-hydrogen) atoms. The van der Waals surface area contributed by atoms with E-state index in [1.807, 2.05) is 12.1 Å². The van der Waals surface area contributed by atoms with Crippen LogP contribution in [0.5, 0.6) is 0 Å². The van der Waals surface area contributed by atoms with Crippen molar-refractivity contribution in [3.05, 3.63) is 34.9 Å². The zero-order valence-corrected chi connectivity index (χ0v) is 16.5. The maximum Gasteiger partial charge on any atom is 0.338 e. The molecule has 1 aliphatic heterocycles. The molecular formula is C21H34NO2+. The third-order valence-corrected chi connectivity index (χ3v) is 4.88. The SMILES string of the molecule is C[NH+]1CCC[C@@H](OC(=O)c2cc(C(C)(C)C)cc(C(C)(C)C)c2)C1. The molecule has 0 bridgehead atoms. The largest absolute Gasteiger partial charge is 0.453 e. The first-order valence-corrected chi connectivity index (χ1v) is 9.15. The van der Waals surface area contributed by atoms with E-state index in [1.165, 1.54) is 22.6 Å². The van der Waals surface area contributed by atoms with Crippen molar-refractivity contribution >= 4 is 5.97 Å². The van der Waals surface area contributed by atoms with Crippen LogP contribution in [0.2, 0.25) is 0 Å². The van der Waals surface area contributed by atoms with Crippen LogP contribution < -0.4 is 4.90 Å². The van der Waals surface area contributed by atoms with Crippen LogP contribution >= 0.6 is 0 Å². The van der Waals surface area contributed by atoms with Crippen LogP contribution in [0.25, 0.3) is 0 Å². The first-order chi connectivity index (χ1) is 11.0. The van der Waals surface area contributed by atoms with Crippen molar-refractivity contribution < 1.29 is 14.4 Å². The summed E-state index contributed by atoms with van der Waals surface area (Å²) in [6, 6.07) is 6.25. The van der Waals surface area contributed by atoms with Crippen molar-refractivity contribution in [2.45, 2.75) is 71.3 Å². The number of nitrogens with one attached hydrogen (secondary N) is 1. The number of ether oxygens (including phenoxy) is 1. The van der Waals surface area contributed by atoms with Gasteiger partial charge in [-0.3, -0.25) is 0 Å². The van der Waals surface area contributed by atoms with E-state index < -0.39 is 0 Å². The normalized spacial score (nSPS) is 22.3. The molecule has 3 heteroatoms. The van der Waals surface area contributed by atoms with E-state index in [0.29, 0.717) is 5.56 Å². The summed E-state index contributed by atoms with van der Waals surface area (Å²) >= 11 is 0. The fraction of sp³-hybridized carbons (Fsp3) is 0.667. The molecule has 0 aromatic heterocycles. The quantitative estimate of drug-likeness (QED) is 0.844. The Morgan fingerprint density at radius 2 is 1.58 bits per heavy atom. The number of benzene rings is 1. The lowest BCUT2D eigenvalue weighted by Crippen LogP contribution is -3.11. The fourth-order valence-corrected chi connectivity index (χ4v) is 3.16. The number of likely N-dealkylation sites (N-methyl/N-ethyl adjacent to an activating group) is 1. The molecule has 1 aromatic rings. The van der Waals surface area contributed by atoms with E-state index in [0.717, 1.165) is 19.4 Å². The maximum atomic E-state index is 12.7. The van der Waals surface area contributed by atoms with Gasteiger partial charge in [0.1, 0.15) is 6.54 Å². The van der Waals surface area contributed by atoms with Gasteiger partial charge in [-0.1, -0.05) is 47.6 Å². The highest BCUT2D eigenvalue weighted by Crippen LogP contribution is 2.30. The van der Waals surface area contributed by atoms with Crippen LogP contribution in [0, 0.1) is 0 Å². The smallest absolute Gasteiger partial charge is 0.338 e. The molecule has 0 saturated carbocycles.